The van der Waals surface area contributed by atoms with E-state index in [0.29, 0.717) is 6.54 Å². The van der Waals surface area contributed by atoms with Gasteiger partial charge in [0.2, 0.25) is 0 Å². The molecule has 1 heterocycles. The zero-order chi connectivity index (χ0) is 11.4. The quantitative estimate of drug-likeness (QED) is 0.565. The van der Waals surface area contributed by atoms with E-state index in [4.69, 9.17) is 0 Å². The van der Waals surface area contributed by atoms with Crippen LogP contribution in [-0.2, 0) is 6.54 Å². The lowest BCUT2D eigenvalue weighted by atomic mass is 10.6. The van der Waals surface area contributed by atoms with Gasteiger partial charge in [-0.1, -0.05) is 0 Å². The number of guanidine groups is 1. The Hall–Kier alpha value is -1.10. The van der Waals surface area contributed by atoms with Crippen LogP contribution in [0.3, 0.4) is 0 Å². The summed E-state index contributed by atoms with van der Waals surface area (Å²) in [5, 5.41) is 1.06. The van der Waals surface area contributed by atoms with Crippen molar-refractivity contribution in [3.63, 3.8) is 0 Å². The molecule has 0 aliphatic rings. The fourth-order valence-corrected chi connectivity index (χ4v) is 2.01. The van der Waals surface area contributed by atoms with Gasteiger partial charge in [-0.05, 0) is 6.92 Å². The van der Waals surface area contributed by atoms with Crippen LogP contribution in [0.25, 0.3) is 0 Å². The van der Waals surface area contributed by atoms with Crippen molar-refractivity contribution in [2.24, 2.45) is 4.99 Å². The first kappa shape index (κ1) is 12.0. The van der Waals surface area contributed by atoms with Crippen molar-refractivity contribution in [3.8, 4) is 0 Å². The van der Waals surface area contributed by atoms with Gasteiger partial charge in [0, 0.05) is 39.3 Å². The number of hydrogen-bond donors (Lipinski definition) is 0. The molecule has 1 aromatic rings. The molecule has 15 heavy (non-hydrogen) atoms. The minimum absolute atomic E-state index is 0.657. The highest BCUT2D eigenvalue weighted by Crippen LogP contribution is 2.12. The van der Waals surface area contributed by atoms with Gasteiger partial charge in [-0.3, -0.25) is 0 Å². The van der Waals surface area contributed by atoms with E-state index in [-0.39, 0.29) is 0 Å². The van der Waals surface area contributed by atoms with Gasteiger partial charge in [0.05, 0.1) is 6.54 Å². The number of thiazole rings is 1. The van der Waals surface area contributed by atoms with Crippen molar-refractivity contribution in [1.29, 1.82) is 0 Å². The number of aryl methyl sites for hydroxylation is 1. The zero-order valence-electron chi connectivity index (χ0n) is 9.98. The van der Waals surface area contributed by atoms with Gasteiger partial charge < -0.3 is 9.80 Å². The van der Waals surface area contributed by atoms with E-state index in [2.05, 4.69) is 16.9 Å². The predicted molar refractivity (Wildman–Crippen MR) is 65.4 cm³/mol. The van der Waals surface area contributed by atoms with Crippen LogP contribution < -0.4 is 0 Å². The molecular weight excluding hydrogens is 208 g/mol. The summed E-state index contributed by atoms with van der Waals surface area (Å²) in [6.45, 7) is 2.72. The highest BCUT2D eigenvalue weighted by atomic mass is 32.1. The highest BCUT2D eigenvalue weighted by Gasteiger charge is 2.04. The number of aromatic nitrogens is 1. The van der Waals surface area contributed by atoms with Gasteiger partial charge >= 0.3 is 0 Å². The molecule has 1 aromatic heterocycles. The summed E-state index contributed by atoms with van der Waals surface area (Å²) in [4.78, 5) is 14.0. The molecule has 0 fully saturated rings. The zero-order valence-corrected chi connectivity index (χ0v) is 10.8. The molecule has 0 N–H and O–H groups in total. The molecule has 5 heteroatoms. The van der Waals surface area contributed by atoms with E-state index in [9.17, 15) is 0 Å². The third-order valence-electron chi connectivity index (χ3n) is 1.82. The second kappa shape index (κ2) is 5.11. The Morgan fingerprint density at radius 1 is 1.33 bits per heavy atom. The molecule has 0 amide bonds. The van der Waals surface area contributed by atoms with Crippen molar-refractivity contribution in [2.45, 2.75) is 13.5 Å². The predicted octanol–water partition coefficient (Wildman–Crippen LogP) is 1.43. The Morgan fingerprint density at radius 2 is 1.93 bits per heavy atom. The van der Waals surface area contributed by atoms with E-state index in [1.165, 1.54) is 4.88 Å². The van der Waals surface area contributed by atoms with Crippen molar-refractivity contribution >= 4 is 17.3 Å². The standard InChI is InChI=1S/C10H18N4S/c1-8-6-11-9(15-8)7-12-10(13(2)3)14(4)5/h6H,7H2,1-5H3. The molecular formula is C10H18N4S. The molecule has 0 aromatic carbocycles. The lowest BCUT2D eigenvalue weighted by Crippen LogP contribution is -2.35. The molecule has 0 unspecified atom stereocenters. The Bertz CT molecular complexity index is 331. The maximum absolute atomic E-state index is 4.52. The maximum Gasteiger partial charge on any atom is 0.195 e. The minimum Gasteiger partial charge on any atom is -0.349 e. The van der Waals surface area contributed by atoms with Gasteiger partial charge in [0.1, 0.15) is 5.01 Å². The third-order valence-corrected chi connectivity index (χ3v) is 2.72. The first-order chi connectivity index (χ1) is 7.00. The second-order valence-electron chi connectivity index (χ2n) is 3.77. The maximum atomic E-state index is 4.52. The van der Waals surface area contributed by atoms with Crippen LogP contribution in [0.4, 0.5) is 0 Å². The van der Waals surface area contributed by atoms with Crippen LogP contribution in [0.15, 0.2) is 11.2 Å². The fraction of sp³-hybridized carbons (Fsp3) is 0.600. The molecule has 0 radical (unpaired) electrons. The van der Waals surface area contributed by atoms with Crippen molar-refractivity contribution in [1.82, 2.24) is 14.8 Å². The largest absolute Gasteiger partial charge is 0.349 e. The lowest BCUT2D eigenvalue weighted by molar-refractivity contribution is 0.479. The number of hydrogen-bond acceptors (Lipinski definition) is 3. The Morgan fingerprint density at radius 3 is 2.33 bits per heavy atom. The van der Waals surface area contributed by atoms with Gasteiger partial charge in [0.25, 0.3) is 0 Å². The first-order valence-corrected chi connectivity index (χ1v) is 5.62. The van der Waals surface area contributed by atoms with E-state index < -0.39 is 0 Å². The van der Waals surface area contributed by atoms with Crippen molar-refractivity contribution < 1.29 is 0 Å². The molecule has 0 saturated carbocycles. The van der Waals surface area contributed by atoms with Gasteiger partial charge in [-0.25, -0.2) is 9.98 Å². The molecule has 0 bridgehead atoms. The average molecular weight is 226 g/mol. The summed E-state index contributed by atoms with van der Waals surface area (Å²) in [6.07, 6.45) is 1.89. The summed E-state index contributed by atoms with van der Waals surface area (Å²) in [5.74, 6) is 0.961. The fourth-order valence-electron chi connectivity index (χ4n) is 1.30. The number of rotatable bonds is 2. The van der Waals surface area contributed by atoms with Crippen molar-refractivity contribution in [2.75, 3.05) is 28.2 Å². The molecule has 0 atom stereocenters. The smallest absolute Gasteiger partial charge is 0.195 e. The molecule has 4 nitrogen and oxygen atoms in total. The van der Waals surface area contributed by atoms with E-state index in [1.54, 1.807) is 11.3 Å². The summed E-state index contributed by atoms with van der Waals surface area (Å²) >= 11 is 1.70. The summed E-state index contributed by atoms with van der Waals surface area (Å²) in [6, 6.07) is 0. The third kappa shape index (κ3) is 3.51. The highest BCUT2D eigenvalue weighted by molar-refractivity contribution is 7.11. The number of aliphatic imine (C=N–C) groups is 1. The topological polar surface area (TPSA) is 31.7 Å². The van der Waals surface area contributed by atoms with Crippen LogP contribution in [0.1, 0.15) is 9.88 Å². The van der Waals surface area contributed by atoms with Crippen LogP contribution in [-0.4, -0.2) is 48.9 Å². The van der Waals surface area contributed by atoms with E-state index >= 15 is 0 Å². The Labute approximate surface area is 95.3 Å². The summed E-state index contributed by atoms with van der Waals surface area (Å²) in [5.41, 5.74) is 0. The average Bonchev–Trinajstić information content (AvgIpc) is 2.50. The Kier molecular flexibility index (Phi) is 4.08. The first-order valence-electron chi connectivity index (χ1n) is 4.81. The monoisotopic (exact) mass is 226 g/mol. The van der Waals surface area contributed by atoms with Gasteiger partial charge in [0.15, 0.2) is 5.96 Å². The van der Waals surface area contributed by atoms with Gasteiger partial charge in [-0.15, -0.1) is 11.3 Å². The van der Waals surface area contributed by atoms with Crippen LogP contribution in [0.5, 0.6) is 0 Å². The van der Waals surface area contributed by atoms with Crippen LogP contribution in [0.2, 0.25) is 0 Å². The molecule has 0 aliphatic heterocycles. The summed E-state index contributed by atoms with van der Waals surface area (Å²) in [7, 11) is 7.97. The van der Waals surface area contributed by atoms with E-state index in [0.717, 1.165) is 11.0 Å². The second-order valence-corrected chi connectivity index (χ2v) is 5.09. The molecule has 0 aliphatic carbocycles. The molecule has 0 saturated heterocycles. The summed E-state index contributed by atoms with van der Waals surface area (Å²) < 4.78 is 0. The normalized spacial score (nSPS) is 9.93. The molecule has 84 valence electrons. The Balaban J connectivity index is 2.69. The van der Waals surface area contributed by atoms with Crippen molar-refractivity contribution in [3.05, 3.63) is 16.1 Å². The lowest BCUT2D eigenvalue weighted by Gasteiger charge is -2.22. The molecule has 0 spiro atoms. The number of nitrogens with zero attached hydrogens (tertiary/aromatic N) is 4. The SMILES string of the molecule is Cc1cnc(CN=C(N(C)C)N(C)C)s1. The minimum atomic E-state index is 0.657. The van der Waals surface area contributed by atoms with Crippen LogP contribution in [0, 0.1) is 6.92 Å². The van der Waals surface area contributed by atoms with Gasteiger partial charge in [-0.2, -0.15) is 0 Å². The van der Waals surface area contributed by atoms with Crippen LogP contribution >= 0.6 is 11.3 Å². The molecule has 1 rings (SSSR count). The van der Waals surface area contributed by atoms with E-state index in [1.807, 2.05) is 44.2 Å².